The molecular weight excluding hydrogens is 262 g/mol. The highest BCUT2D eigenvalue weighted by Gasteiger charge is 2.27. The summed E-state index contributed by atoms with van der Waals surface area (Å²) in [6.45, 7) is 0.465. The van der Waals surface area contributed by atoms with Gasteiger partial charge in [0.05, 0.1) is 11.4 Å². The van der Waals surface area contributed by atoms with Crippen molar-refractivity contribution in [1.82, 2.24) is 4.90 Å². The number of benzene rings is 1. The third-order valence-electron chi connectivity index (χ3n) is 3.23. The molecule has 2 rings (SSSR count). The molecule has 1 aliphatic carbocycles. The van der Waals surface area contributed by atoms with E-state index in [9.17, 15) is 8.42 Å². The van der Waals surface area contributed by atoms with Gasteiger partial charge in [-0.25, -0.2) is 13.4 Å². The summed E-state index contributed by atoms with van der Waals surface area (Å²) in [7, 11) is -1.19. The minimum Gasteiger partial charge on any atom is -0.370 e. The van der Waals surface area contributed by atoms with Crippen LogP contribution in [0.25, 0.3) is 0 Å². The first-order valence-electron chi connectivity index (χ1n) is 6.19. The van der Waals surface area contributed by atoms with Crippen LogP contribution in [0.5, 0.6) is 0 Å². The molecule has 0 atom stereocenters. The Morgan fingerprint density at radius 2 is 1.95 bits per heavy atom. The van der Waals surface area contributed by atoms with Crippen molar-refractivity contribution in [3.8, 4) is 0 Å². The molecule has 1 aromatic rings. The molecule has 19 heavy (non-hydrogen) atoms. The molecule has 1 aromatic carbocycles. The molecular formula is C13H19N3O2S. The number of hydrogen-bond acceptors (Lipinski definition) is 3. The molecule has 1 saturated carbocycles. The van der Waals surface area contributed by atoms with E-state index >= 15 is 0 Å². The van der Waals surface area contributed by atoms with Crippen molar-refractivity contribution in [2.45, 2.75) is 30.3 Å². The van der Waals surface area contributed by atoms with Crippen LogP contribution in [0, 0.1) is 0 Å². The van der Waals surface area contributed by atoms with E-state index in [4.69, 9.17) is 5.73 Å². The highest BCUT2D eigenvalue weighted by molar-refractivity contribution is 7.90. The molecule has 6 heteroatoms. The number of sulfone groups is 1. The summed E-state index contributed by atoms with van der Waals surface area (Å²) in [5, 5.41) is 0. The lowest BCUT2D eigenvalue weighted by atomic mass is 10.2. The molecule has 0 spiro atoms. The molecule has 104 valence electrons. The number of aliphatic imine (C=N–C) groups is 1. The summed E-state index contributed by atoms with van der Waals surface area (Å²) in [6, 6.07) is 7.27. The third kappa shape index (κ3) is 3.70. The molecule has 0 saturated heterocycles. The maximum atomic E-state index is 11.3. The molecule has 1 fully saturated rings. The van der Waals surface area contributed by atoms with Gasteiger partial charge in [0.2, 0.25) is 0 Å². The largest absolute Gasteiger partial charge is 0.370 e. The van der Waals surface area contributed by atoms with E-state index in [2.05, 4.69) is 4.99 Å². The topological polar surface area (TPSA) is 75.8 Å². The van der Waals surface area contributed by atoms with Gasteiger partial charge in [-0.2, -0.15) is 0 Å². The molecule has 0 aromatic heterocycles. The maximum absolute atomic E-state index is 11.3. The molecule has 2 N–H and O–H groups in total. The second kappa shape index (κ2) is 5.21. The zero-order chi connectivity index (χ0) is 14.0. The minimum absolute atomic E-state index is 0.323. The Hall–Kier alpha value is -1.56. The predicted molar refractivity (Wildman–Crippen MR) is 75.7 cm³/mol. The second-order valence-corrected chi connectivity index (χ2v) is 6.95. The van der Waals surface area contributed by atoms with Crippen LogP contribution in [-0.4, -0.2) is 38.6 Å². The molecule has 0 aliphatic heterocycles. The van der Waals surface area contributed by atoms with Gasteiger partial charge in [0.1, 0.15) is 0 Å². The smallest absolute Gasteiger partial charge is 0.191 e. The van der Waals surface area contributed by atoms with Gasteiger partial charge in [-0.1, -0.05) is 12.1 Å². The highest BCUT2D eigenvalue weighted by atomic mass is 32.2. The van der Waals surface area contributed by atoms with Gasteiger partial charge < -0.3 is 10.6 Å². The van der Waals surface area contributed by atoms with E-state index in [0.717, 1.165) is 5.56 Å². The van der Waals surface area contributed by atoms with Crippen molar-refractivity contribution in [3.05, 3.63) is 29.8 Å². The number of nitrogens with zero attached hydrogens (tertiary/aromatic N) is 2. The zero-order valence-electron chi connectivity index (χ0n) is 11.2. The van der Waals surface area contributed by atoms with E-state index < -0.39 is 9.84 Å². The molecule has 0 unspecified atom stereocenters. The standard InChI is InChI=1S/C13H19N3O2S/c1-16(11-5-6-11)13(14)15-9-10-3-7-12(8-4-10)19(2,17)18/h3-4,7-8,11H,5-6,9H2,1-2H3,(H2,14,15). The van der Waals surface area contributed by atoms with Crippen molar-refractivity contribution >= 4 is 15.8 Å². The van der Waals surface area contributed by atoms with Gasteiger partial charge in [0.25, 0.3) is 0 Å². The lowest BCUT2D eigenvalue weighted by Crippen LogP contribution is -2.35. The Labute approximate surface area is 114 Å². The lowest BCUT2D eigenvalue weighted by molar-refractivity contribution is 0.487. The molecule has 0 heterocycles. The Bertz CT molecular complexity index is 574. The molecule has 0 bridgehead atoms. The van der Waals surface area contributed by atoms with E-state index in [1.807, 2.05) is 11.9 Å². The van der Waals surface area contributed by atoms with Gasteiger partial charge in [0.15, 0.2) is 15.8 Å². The van der Waals surface area contributed by atoms with Gasteiger partial charge in [0, 0.05) is 19.3 Å². The Morgan fingerprint density at radius 1 is 1.37 bits per heavy atom. The fourth-order valence-corrected chi connectivity index (χ4v) is 2.41. The van der Waals surface area contributed by atoms with E-state index in [1.54, 1.807) is 24.3 Å². The summed E-state index contributed by atoms with van der Waals surface area (Å²) in [5.74, 6) is 0.537. The monoisotopic (exact) mass is 281 g/mol. The highest BCUT2D eigenvalue weighted by Crippen LogP contribution is 2.24. The van der Waals surface area contributed by atoms with Crippen LogP contribution in [0.3, 0.4) is 0 Å². The van der Waals surface area contributed by atoms with E-state index in [0.29, 0.717) is 23.4 Å². The van der Waals surface area contributed by atoms with Crippen LogP contribution in [0.4, 0.5) is 0 Å². The first kappa shape index (κ1) is 13.9. The minimum atomic E-state index is -3.14. The van der Waals surface area contributed by atoms with Gasteiger partial charge in [-0.3, -0.25) is 0 Å². The van der Waals surface area contributed by atoms with Crippen LogP contribution in [-0.2, 0) is 16.4 Å². The van der Waals surface area contributed by atoms with Crippen molar-refractivity contribution < 1.29 is 8.42 Å². The van der Waals surface area contributed by atoms with Crippen molar-refractivity contribution in [1.29, 1.82) is 0 Å². The van der Waals surface area contributed by atoms with E-state index in [1.165, 1.54) is 19.1 Å². The van der Waals surface area contributed by atoms with Crippen LogP contribution >= 0.6 is 0 Å². The van der Waals surface area contributed by atoms with Crippen LogP contribution in [0.1, 0.15) is 18.4 Å². The Kier molecular flexibility index (Phi) is 3.80. The summed E-state index contributed by atoms with van der Waals surface area (Å²) in [6.07, 6.45) is 3.55. The predicted octanol–water partition coefficient (Wildman–Crippen LogP) is 0.999. The zero-order valence-corrected chi connectivity index (χ0v) is 12.0. The SMILES string of the molecule is CN(C(N)=NCc1ccc(S(C)(=O)=O)cc1)C1CC1. The summed E-state index contributed by atoms with van der Waals surface area (Å²) in [4.78, 5) is 6.63. The summed E-state index contributed by atoms with van der Waals surface area (Å²) in [5.41, 5.74) is 6.83. The molecule has 0 amide bonds. The van der Waals surface area contributed by atoms with Crippen LogP contribution in [0.2, 0.25) is 0 Å². The quantitative estimate of drug-likeness (QED) is 0.660. The van der Waals surface area contributed by atoms with E-state index in [-0.39, 0.29) is 0 Å². The summed E-state index contributed by atoms with van der Waals surface area (Å²) >= 11 is 0. The first-order chi connectivity index (χ1) is 8.88. The Morgan fingerprint density at radius 3 is 2.42 bits per heavy atom. The third-order valence-corrected chi connectivity index (χ3v) is 4.36. The first-order valence-corrected chi connectivity index (χ1v) is 8.09. The summed E-state index contributed by atoms with van der Waals surface area (Å²) < 4.78 is 22.7. The van der Waals surface area contributed by atoms with Crippen molar-refractivity contribution in [2.75, 3.05) is 13.3 Å². The van der Waals surface area contributed by atoms with Crippen LogP contribution < -0.4 is 5.73 Å². The Balaban J connectivity index is 2.01. The van der Waals surface area contributed by atoms with Crippen LogP contribution in [0.15, 0.2) is 34.2 Å². The van der Waals surface area contributed by atoms with Gasteiger partial charge >= 0.3 is 0 Å². The average molecular weight is 281 g/mol. The number of rotatable bonds is 4. The van der Waals surface area contributed by atoms with Gasteiger partial charge in [-0.05, 0) is 30.5 Å². The lowest BCUT2D eigenvalue weighted by Gasteiger charge is -2.16. The maximum Gasteiger partial charge on any atom is 0.191 e. The molecule has 0 radical (unpaired) electrons. The number of hydrogen-bond donors (Lipinski definition) is 1. The normalized spacial score (nSPS) is 16.4. The number of nitrogens with two attached hydrogens (primary N) is 1. The average Bonchev–Trinajstić information content (AvgIpc) is 3.18. The van der Waals surface area contributed by atoms with Crippen molar-refractivity contribution in [2.24, 2.45) is 10.7 Å². The molecule has 1 aliphatic rings. The fraction of sp³-hybridized carbons (Fsp3) is 0.462. The second-order valence-electron chi connectivity index (χ2n) is 4.93. The van der Waals surface area contributed by atoms with Crippen molar-refractivity contribution in [3.63, 3.8) is 0 Å². The fourth-order valence-electron chi connectivity index (χ4n) is 1.77. The van der Waals surface area contributed by atoms with Gasteiger partial charge in [-0.15, -0.1) is 0 Å². The number of guanidine groups is 1. The molecule has 5 nitrogen and oxygen atoms in total.